The maximum atomic E-state index is 11.7. The van der Waals surface area contributed by atoms with Gasteiger partial charge in [0.1, 0.15) is 6.10 Å². The molecule has 1 fully saturated rings. The van der Waals surface area contributed by atoms with E-state index in [9.17, 15) is 13.2 Å². The van der Waals surface area contributed by atoms with E-state index in [1.165, 1.54) is 12.1 Å². The minimum atomic E-state index is -3.67. The highest BCUT2D eigenvalue weighted by molar-refractivity contribution is 7.89. The highest BCUT2D eigenvalue weighted by atomic mass is 32.2. The SMILES string of the molecule is NS(=O)(=O)c1ccc(CNC(=O)[C@@H]2CCCO2)cc1. The van der Waals surface area contributed by atoms with E-state index in [1.54, 1.807) is 12.1 Å². The maximum absolute atomic E-state index is 11.7. The van der Waals surface area contributed by atoms with Crippen LogP contribution in [0.2, 0.25) is 0 Å². The Hall–Kier alpha value is -1.44. The Morgan fingerprint density at radius 3 is 2.58 bits per heavy atom. The lowest BCUT2D eigenvalue weighted by Crippen LogP contribution is -2.33. The second-order valence-electron chi connectivity index (χ2n) is 4.41. The van der Waals surface area contributed by atoms with Crippen LogP contribution < -0.4 is 10.5 Å². The van der Waals surface area contributed by atoms with E-state index in [2.05, 4.69) is 5.32 Å². The first-order chi connectivity index (χ1) is 8.97. The van der Waals surface area contributed by atoms with Gasteiger partial charge < -0.3 is 10.1 Å². The Balaban J connectivity index is 1.91. The van der Waals surface area contributed by atoms with Gasteiger partial charge in [-0.1, -0.05) is 12.1 Å². The van der Waals surface area contributed by atoms with Crippen molar-refractivity contribution in [2.45, 2.75) is 30.4 Å². The van der Waals surface area contributed by atoms with Crippen LogP contribution in [0, 0.1) is 0 Å². The zero-order valence-electron chi connectivity index (χ0n) is 10.3. The lowest BCUT2D eigenvalue weighted by atomic mass is 10.2. The number of primary sulfonamides is 1. The average Bonchev–Trinajstić information content (AvgIpc) is 2.89. The van der Waals surface area contributed by atoms with Crippen molar-refractivity contribution < 1.29 is 17.9 Å². The number of ether oxygens (including phenoxy) is 1. The summed E-state index contributed by atoms with van der Waals surface area (Å²) in [4.78, 5) is 11.7. The highest BCUT2D eigenvalue weighted by Crippen LogP contribution is 2.12. The summed E-state index contributed by atoms with van der Waals surface area (Å²) in [5, 5.41) is 7.75. The van der Waals surface area contributed by atoms with Gasteiger partial charge in [-0.2, -0.15) is 0 Å². The van der Waals surface area contributed by atoms with Gasteiger partial charge in [0.15, 0.2) is 0 Å². The summed E-state index contributed by atoms with van der Waals surface area (Å²) in [6, 6.07) is 6.08. The van der Waals surface area contributed by atoms with Gasteiger partial charge in [0.05, 0.1) is 4.90 Å². The van der Waals surface area contributed by atoms with Gasteiger partial charge >= 0.3 is 0 Å². The first-order valence-electron chi connectivity index (χ1n) is 5.98. The molecule has 0 spiro atoms. The van der Waals surface area contributed by atoms with Crippen molar-refractivity contribution in [3.63, 3.8) is 0 Å². The van der Waals surface area contributed by atoms with Gasteiger partial charge in [0.2, 0.25) is 15.9 Å². The van der Waals surface area contributed by atoms with E-state index in [0.717, 1.165) is 18.4 Å². The van der Waals surface area contributed by atoms with E-state index in [4.69, 9.17) is 9.88 Å². The molecule has 6 nitrogen and oxygen atoms in total. The number of amides is 1. The molecule has 1 heterocycles. The highest BCUT2D eigenvalue weighted by Gasteiger charge is 2.22. The average molecular weight is 284 g/mol. The number of nitrogens with two attached hydrogens (primary N) is 1. The molecule has 0 aliphatic carbocycles. The predicted octanol–water partition coefficient (Wildman–Crippen LogP) is 0.129. The normalized spacial score (nSPS) is 19.3. The molecule has 7 heteroatoms. The summed E-state index contributed by atoms with van der Waals surface area (Å²) < 4.78 is 27.4. The summed E-state index contributed by atoms with van der Waals surface area (Å²) in [5.41, 5.74) is 0.804. The lowest BCUT2D eigenvalue weighted by molar-refractivity contribution is -0.130. The molecule has 3 N–H and O–H groups in total. The van der Waals surface area contributed by atoms with Crippen molar-refractivity contribution in [1.29, 1.82) is 0 Å². The van der Waals surface area contributed by atoms with Crippen LogP contribution in [0.25, 0.3) is 0 Å². The Morgan fingerprint density at radius 1 is 1.37 bits per heavy atom. The number of nitrogens with one attached hydrogen (secondary N) is 1. The van der Waals surface area contributed by atoms with Crippen molar-refractivity contribution in [2.75, 3.05) is 6.61 Å². The quantitative estimate of drug-likeness (QED) is 0.821. The molecule has 2 rings (SSSR count). The molecule has 1 aliphatic rings. The molecule has 104 valence electrons. The van der Waals surface area contributed by atoms with Gasteiger partial charge in [0.25, 0.3) is 0 Å². The molecule has 0 aromatic heterocycles. The van der Waals surface area contributed by atoms with Crippen LogP contribution >= 0.6 is 0 Å². The van der Waals surface area contributed by atoms with E-state index in [1.807, 2.05) is 0 Å². The fourth-order valence-corrected chi connectivity index (χ4v) is 2.40. The van der Waals surface area contributed by atoms with Crippen molar-refractivity contribution >= 4 is 15.9 Å². The first kappa shape index (κ1) is 14.0. The molecule has 1 saturated heterocycles. The van der Waals surface area contributed by atoms with E-state index in [0.29, 0.717) is 13.2 Å². The molecule has 0 bridgehead atoms. The van der Waals surface area contributed by atoms with Crippen molar-refractivity contribution in [1.82, 2.24) is 5.32 Å². The van der Waals surface area contributed by atoms with Gasteiger partial charge in [-0.05, 0) is 30.5 Å². The fraction of sp³-hybridized carbons (Fsp3) is 0.417. The third-order valence-corrected chi connectivity index (χ3v) is 3.87. The first-order valence-corrected chi connectivity index (χ1v) is 7.52. The predicted molar refractivity (Wildman–Crippen MR) is 68.6 cm³/mol. The topological polar surface area (TPSA) is 98.5 Å². The molecule has 1 aliphatic heterocycles. The molecule has 1 aromatic carbocycles. The summed E-state index contributed by atoms with van der Waals surface area (Å²) in [7, 11) is -3.67. The zero-order valence-corrected chi connectivity index (χ0v) is 11.2. The monoisotopic (exact) mass is 284 g/mol. The summed E-state index contributed by atoms with van der Waals surface area (Å²) >= 11 is 0. The number of rotatable bonds is 4. The number of hydrogen-bond donors (Lipinski definition) is 2. The number of sulfonamides is 1. The molecule has 0 saturated carbocycles. The number of carbonyl (C=O) groups excluding carboxylic acids is 1. The smallest absolute Gasteiger partial charge is 0.249 e. The number of carbonyl (C=O) groups is 1. The molecule has 0 radical (unpaired) electrons. The Bertz CT molecular complexity index is 548. The third-order valence-electron chi connectivity index (χ3n) is 2.94. The largest absolute Gasteiger partial charge is 0.368 e. The van der Waals surface area contributed by atoms with Crippen LogP contribution in [0.3, 0.4) is 0 Å². The Labute approximate surface area is 112 Å². The third kappa shape index (κ3) is 3.76. The van der Waals surface area contributed by atoms with Crippen LogP contribution in [0.5, 0.6) is 0 Å². The van der Waals surface area contributed by atoms with Gasteiger partial charge in [-0.25, -0.2) is 13.6 Å². The molecular weight excluding hydrogens is 268 g/mol. The van der Waals surface area contributed by atoms with Crippen LogP contribution in [0.4, 0.5) is 0 Å². The standard InChI is InChI=1S/C12H16N2O4S/c13-19(16,17)10-5-3-9(4-6-10)8-14-12(15)11-2-1-7-18-11/h3-6,11H,1-2,7-8H2,(H,14,15)(H2,13,16,17)/t11-/m0/s1. The number of benzene rings is 1. The molecule has 0 unspecified atom stereocenters. The van der Waals surface area contributed by atoms with Crippen LogP contribution in [0.15, 0.2) is 29.2 Å². The minimum absolute atomic E-state index is 0.0571. The van der Waals surface area contributed by atoms with Crippen molar-refractivity contribution in [3.05, 3.63) is 29.8 Å². The Kier molecular flexibility index (Phi) is 4.18. The molecular formula is C12H16N2O4S. The summed E-state index contributed by atoms with van der Waals surface area (Å²) in [6.45, 7) is 0.963. The molecule has 1 aromatic rings. The van der Waals surface area contributed by atoms with Crippen LogP contribution in [-0.4, -0.2) is 27.0 Å². The van der Waals surface area contributed by atoms with E-state index < -0.39 is 10.0 Å². The van der Waals surface area contributed by atoms with E-state index >= 15 is 0 Å². The van der Waals surface area contributed by atoms with Crippen molar-refractivity contribution in [3.8, 4) is 0 Å². The fourth-order valence-electron chi connectivity index (χ4n) is 1.88. The molecule has 1 atom stereocenters. The van der Waals surface area contributed by atoms with Gasteiger partial charge in [-0.3, -0.25) is 4.79 Å². The number of hydrogen-bond acceptors (Lipinski definition) is 4. The summed E-state index contributed by atoms with van der Waals surface area (Å²) in [5.74, 6) is -0.131. The second-order valence-corrected chi connectivity index (χ2v) is 5.97. The van der Waals surface area contributed by atoms with Crippen molar-refractivity contribution in [2.24, 2.45) is 5.14 Å². The van der Waals surface area contributed by atoms with Gasteiger partial charge in [0, 0.05) is 13.2 Å². The minimum Gasteiger partial charge on any atom is -0.368 e. The maximum Gasteiger partial charge on any atom is 0.249 e. The Morgan fingerprint density at radius 2 is 2.05 bits per heavy atom. The zero-order chi connectivity index (χ0) is 13.9. The van der Waals surface area contributed by atoms with Gasteiger partial charge in [-0.15, -0.1) is 0 Å². The second kappa shape index (κ2) is 5.68. The summed E-state index contributed by atoms with van der Waals surface area (Å²) in [6.07, 6.45) is 1.29. The molecule has 19 heavy (non-hydrogen) atoms. The lowest BCUT2D eigenvalue weighted by Gasteiger charge is -2.10. The van der Waals surface area contributed by atoms with Crippen LogP contribution in [-0.2, 0) is 26.1 Å². The van der Waals surface area contributed by atoms with Crippen LogP contribution in [0.1, 0.15) is 18.4 Å². The molecule has 1 amide bonds. The van der Waals surface area contributed by atoms with E-state index in [-0.39, 0.29) is 16.9 Å².